The van der Waals surface area contributed by atoms with E-state index in [4.69, 9.17) is 21.2 Å². The molecule has 0 aromatic heterocycles. The van der Waals surface area contributed by atoms with Crippen LogP contribution in [0, 0.1) is 0 Å². The van der Waals surface area contributed by atoms with Crippen molar-refractivity contribution in [2.75, 3.05) is 20.2 Å². The second-order valence-electron chi connectivity index (χ2n) is 8.61. The zero-order valence-corrected chi connectivity index (χ0v) is 20.7. The second kappa shape index (κ2) is 9.95. The maximum Gasteiger partial charge on any atom is 0.269 e. The first kappa shape index (κ1) is 24.5. The third-order valence-electron chi connectivity index (χ3n) is 6.11. The van der Waals surface area contributed by atoms with Crippen LogP contribution in [-0.2, 0) is 26.1 Å². The van der Waals surface area contributed by atoms with Crippen molar-refractivity contribution in [1.29, 1.82) is 0 Å². The van der Waals surface area contributed by atoms with Crippen LogP contribution in [-0.4, -0.2) is 50.5 Å². The summed E-state index contributed by atoms with van der Waals surface area (Å²) in [6, 6.07) is 13.8. The van der Waals surface area contributed by atoms with Gasteiger partial charge in [0, 0.05) is 24.2 Å². The molecular weight excluding hydrogens is 478 g/mol. The summed E-state index contributed by atoms with van der Waals surface area (Å²) in [5.41, 5.74) is 3.45. The summed E-state index contributed by atoms with van der Waals surface area (Å²) in [7, 11) is -2.08. The van der Waals surface area contributed by atoms with Gasteiger partial charge in [0.05, 0.1) is 12.0 Å². The minimum Gasteiger partial charge on any atom is -0.497 e. The molecule has 2 heterocycles. The number of halogens is 1. The highest BCUT2D eigenvalue weighted by Crippen LogP contribution is 2.34. The van der Waals surface area contributed by atoms with Gasteiger partial charge in [0.25, 0.3) is 5.91 Å². The molecule has 8 nitrogen and oxygen atoms in total. The van der Waals surface area contributed by atoms with E-state index >= 15 is 0 Å². The Kier molecular flexibility index (Phi) is 7.18. The topological polar surface area (TPSA) is 97.0 Å². The third-order valence-corrected chi connectivity index (χ3v) is 8.28. The lowest BCUT2D eigenvalue weighted by atomic mass is 9.92. The number of hydrogen-bond acceptors (Lipinski definition) is 6. The van der Waals surface area contributed by atoms with Gasteiger partial charge in [0.2, 0.25) is 10.0 Å². The number of hydroxylamine groups is 1. The summed E-state index contributed by atoms with van der Waals surface area (Å²) in [5.74, 6) is 0.340. The number of piperidine rings is 1. The number of hydrogen-bond donors (Lipinski definition) is 2. The van der Waals surface area contributed by atoms with Gasteiger partial charge in [-0.2, -0.15) is 4.31 Å². The van der Waals surface area contributed by atoms with E-state index < -0.39 is 15.6 Å². The lowest BCUT2D eigenvalue weighted by Gasteiger charge is -2.35. The van der Waals surface area contributed by atoms with Crippen LogP contribution in [0.3, 0.4) is 0 Å². The van der Waals surface area contributed by atoms with Gasteiger partial charge in [-0.3, -0.25) is 15.1 Å². The Bertz CT molecular complexity index is 1160. The van der Waals surface area contributed by atoms with Crippen LogP contribution in [0.2, 0.25) is 5.02 Å². The first-order valence-electron chi connectivity index (χ1n) is 11.1. The lowest BCUT2D eigenvalue weighted by molar-refractivity contribution is -0.120. The van der Waals surface area contributed by atoms with Crippen LogP contribution in [0.4, 0.5) is 0 Å². The Morgan fingerprint density at radius 3 is 2.44 bits per heavy atom. The van der Waals surface area contributed by atoms with Gasteiger partial charge in [0.1, 0.15) is 17.0 Å². The SMILES string of the molecule is COc1ccc(S(=O)(=O)N2CCC3(C=C(C(=O)NC(C)Cc4ccc(Cl)cc4)NO3)CC2)cc1. The molecule has 182 valence electrons. The number of carbonyl (C=O) groups is 1. The summed E-state index contributed by atoms with van der Waals surface area (Å²) in [6.45, 7) is 2.50. The van der Waals surface area contributed by atoms with Gasteiger partial charge in [-0.05, 0) is 74.2 Å². The first-order valence-corrected chi connectivity index (χ1v) is 12.9. The Morgan fingerprint density at radius 1 is 1.18 bits per heavy atom. The molecule has 34 heavy (non-hydrogen) atoms. The fourth-order valence-corrected chi connectivity index (χ4v) is 5.73. The van der Waals surface area contributed by atoms with E-state index in [1.807, 2.05) is 31.2 Å². The molecular formula is C24H28ClN3O5S. The summed E-state index contributed by atoms with van der Waals surface area (Å²) in [4.78, 5) is 18.7. The number of rotatable bonds is 7. The fraction of sp³-hybridized carbons (Fsp3) is 0.375. The highest BCUT2D eigenvalue weighted by atomic mass is 35.5. The molecule has 2 aliphatic heterocycles. The van der Waals surface area contributed by atoms with Crippen molar-refractivity contribution in [2.24, 2.45) is 0 Å². The maximum atomic E-state index is 13.0. The minimum atomic E-state index is -3.62. The molecule has 0 saturated carbocycles. The van der Waals surface area contributed by atoms with Gasteiger partial charge >= 0.3 is 0 Å². The quantitative estimate of drug-likeness (QED) is 0.600. The Balaban J connectivity index is 1.34. The molecule has 1 saturated heterocycles. The standard InChI is InChI=1S/C24H28ClN3O5S/c1-17(15-18-3-5-19(25)6-4-18)26-23(29)22-16-24(33-27-22)11-13-28(14-12-24)34(30,31)21-9-7-20(32-2)8-10-21/h3-10,16-17,27H,11-15H2,1-2H3,(H,26,29). The largest absolute Gasteiger partial charge is 0.497 e. The van der Waals surface area contributed by atoms with E-state index in [1.165, 1.54) is 11.4 Å². The average molecular weight is 506 g/mol. The first-order chi connectivity index (χ1) is 16.2. The summed E-state index contributed by atoms with van der Waals surface area (Å²) < 4.78 is 32.5. The number of nitrogens with zero attached hydrogens (tertiary/aromatic N) is 1. The van der Waals surface area contributed by atoms with Crippen molar-refractivity contribution >= 4 is 27.5 Å². The molecule has 0 bridgehead atoms. The number of methoxy groups -OCH3 is 1. The summed E-state index contributed by atoms with van der Waals surface area (Å²) in [6.07, 6.45) is 3.31. The molecule has 2 aromatic rings. The molecule has 1 unspecified atom stereocenters. The molecule has 1 spiro atoms. The molecule has 2 aliphatic rings. The molecule has 2 N–H and O–H groups in total. The number of carbonyl (C=O) groups excluding carboxylic acids is 1. The van der Waals surface area contributed by atoms with Gasteiger partial charge in [-0.15, -0.1) is 0 Å². The van der Waals surface area contributed by atoms with E-state index in [-0.39, 0.29) is 29.9 Å². The Hall–Kier alpha value is -2.59. The van der Waals surface area contributed by atoms with Crippen LogP contribution in [0.1, 0.15) is 25.3 Å². The van der Waals surface area contributed by atoms with E-state index in [9.17, 15) is 13.2 Å². The lowest BCUT2D eigenvalue weighted by Crippen LogP contribution is -2.46. The van der Waals surface area contributed by atoms with Gasteiger partial charge < -0.3 is 10.1 Å². The zero-order valence-electron chi connectivity index (χ0n) is 19.1. The van der Waals surface area contributed by atoms with E-state index in [2.05, 4.69) is 10.8 Å². The molecule has 1 fully saturated rings. The number of nitrogens with one attached hydrogen (secondary N) is 2. The third kappa shape index (κ3) is 5.38. The Morgan fingerprint density at radius 2 is 1.82 bits per heavy atom. The zero-order chi connectivity index (χ0) is 24.3. The van der Waals surface area contributed by atoms with Gasteiger partial charge in [-0.1, -0.05) is 23.7 Å². The Labute approximate surface area is 204 Å². The molecule has 10 heteroatoms. The highest BCUT2D eigenvalue weighted by molar-refractivity contribution is 7.89. The van der Waals surface area contributed by atoms with E-state index in [1.54, 1.807) is 30.3 Å². The predicted molar refractivity (Wildman–Crippen MR) is 129 cm³/mol. The number of sulfonamides is 1. The van der Waals surface area contributed by atoms with Crippen LogP contribution < -0.4 is 15.5 Å². The molecule has 4 rings (SSSR count). The van der Waals surface area contributed by atoms with Crippen LogP contribution in [0.15, 0.2) is 65.2 Å². The smallest absolute Gasteiger partial charge is 0.269 e. The molecule has 1 atom stereocenters. The maximum absolute atomic E-state index is 13.0. The van der Waals surface area contributed by atoms with Crippen molar-refractivity contribution in [3.63, 3.8) is 0 Å². The second-order valence-corrected chi connectivity index (χ2v) is 11.0. The van der Waals surface area contributed by atoms with Crippen molar-refractivity contribution < 1.29 is 22.8 Å². The molecule has 1 amide bonds. The highest BCUT2D eigenvalue weighted by Gasteiger charge is 2.42. The summed E-state index contributed by atoms with van der Waals surface area (Å²) in [5, 5.41) is 3.64. The molecule has 0 aliphatic carbocycles. The molecule has 0 radical (unpaired) electrons. The average Bonchev–Trinajstić information content (AvgIpc) is 3.24. The van der Waals surface area contributed by atoms with Crippen LogP contribution >= 0.6 is 11.6 Å². The van der Waals surface area contributed by atoms with Crippen LogP contribution in [0.25, 0.3) is 0 Å². The molecule has 2 aromatic carbocycles. The van der Waals surface area contributed by atoms with E-state index in [0.29, 0.717) is 35.7 Å². The normalized spacial score (nSPS) is 18.7. The van der Waals surface area contributed by atoms with Crippen LogP contribution in [0.5, 0.6) is 5.75 Å². The fourth-order valence-electron chi connectivity index (χ4n) is 4.17. The predicted octanol–water partition coefficient (Wildman–Crippen LogP) is 3.04. The van der Waals surface area contributed by atoms with Crippen molar-refractivity contribution in [1.82, 2.24) is 15.1 Å². The van der Waals surface area contributed by atoms with Crippen molar-refractivity contribution in [2.45, 2.75) is 42.7 Å². The number of ether oxygens (including phenoxy) is 1. The van der Waals surface area contributed by atoms with E-state index in [0.717, 1.165) is 5.56 Å². The monoisotopic (exact) mass is 505 g/mol. The number of amides is 1. The van der Waals surface area contributed by atoms with Gasteiger partial charge in [0.15, 0.2) is 0 Å². The van der Waals surface area contributed by atoms with Gasteiger partial charge in [-0.25, -0.2) is 8.42 Å². The van der Waals surface area contributed by atoms with Crippen molar-refractivity contribution in [3.05, 3.63) is 70.9 Å². The minimum absolute atomic E-state index is 0.0931. The van der Waals surface area contributed by atoms with Crippen molar-refractivity contribution in [3.8, 4) is 5.75 Å². The summed E-state index contributed by atoms with van der Waals surface area (Å²) >= 11 is 5.93. The number of benzene rings is 2.